The van der Waals surface area contributed by atoms with E-state index in [1.54, 1.807) is 0 Å². The zero-order chi connectivity index (χ0) is 15.8. The molecule has 0 saturated carbocycles. The maximum absolute atomic E-state index is 12.7. The third kappa shape index (κ3) is 2.93. The molecule has 0 aliphatic carbocycles. The Hall–Kier alpha value is -2.65. The lowest BCUT2D eigenvalue weighted by Crippen LogP contribution is -2.51. The van der Waals surface area contributed by atoms with E-state index in [2.05, 4.69) is 10.3 Å². The quantitative estimate of drug-likeness (QED) is 0.728. The molecule has 0 spiro atoms. The van der Waals surface area contributed by atoms with Crippen LogP contribution in [0.1, 0.15) is 18.3 Å². The van der Waals surface area contributed by atoms with Crippen molar-refractivity contribution < 1.29 is 27.6 Å². The number of carbonyl (C=O) groups excluding carboxylic acids is 3. The van der Waals surface area contributed by atoms with Crippen molar-refractivity contribution in [3.05, 3.63) is 23.4 Å². The Kier molecular flexibility index (Phi) is 3.54. The Morgan fingerprint density at radius 2 is 2.10 bits per heavy atom. The third-order valence-electron chi connectivity index (χ3n) is 2.66. The molecule has 0 radical (unpaired) electrons. The van der Waals surface area contributed by atoms with Crippen molar-refractivity contribution in [1.29, 1.82) is 0 Å². The number of amides is 3. The number of imide groups is 1. The van der Waals surface area contributed by atoms with Crippen molar-refractivity contribution in [2.75, 3.05) is 6.54 Å². The summed E-state index contributed by atoms with van der Waals surface area (Å²) in [6, 6.07) is 0. The van der Waals surface area contributed by atoms with E-state index in [9.17, 15) is 27.6 Å². The minimum Gasteiger partial charge on any atom is -0.341 e. The first-order chi connectivity index (χ1) is 9.70. The zero-order valence-electron chi connectivity index (χ0n) is 10.6. The van der Waals surface area contributed by atoms with Gasteiger partial charge in [0.1, 0.15) is 17.9 Å². The molecule has 3 amide bonds. The number of halogens is 3. The number of piperazine rings is 1. The van der Waals surface area contributed by atoms with Crippen LogP contribution in [0.3, 0.4) is 0 Å². The lowest BCUT2D eigenvalue weighted by molar-refractivity contribution is -0.147. The standard InChI is InChI=1S/C11H9F3N4O3/c1-5(19)18-3-8(20)17-7(10(18)21)2-6-9(11(12,13)14)16-4-15-6/h2,4H,3H2,1H3,(H,15,16)(H,17,20)/b7-2-. The molecule has 10 heteroatoms. The molecule has 1 saturated heterocycles. The SMILES string of the molecule is CC(=O)N1CC(=O)N/C(=C\c2nc[nH]c2C(F)(F)F)C1=O. The van der Waals surface area contributed by atoms with E-state index in [1.165, 1.54) is 0 Å². The van der Waals surface area contributed by atoms with Crippen molar-refractivity contribution >= 4 is 23.8 Å². The van der Waals surface area contributed by atoms with Crippen LogP contribution in [0, 0.1) is 0 Å². The van der Waals surface area contributed by atoms with E-state index in [1.807, 2.05) is 4.98 Å². The summed E-state index contributed by atoms with van der Waals surface area (Å²) >= 11 is 0. The molecule has 2 rings (SSSR count). The maximum Gasteiger partial charge on any atom is 0.433 e. The van der Waals surface area contributed by atoms with Crippen molar-refractivity contribution in [3.8, 4) is 0 Å². The molecule has 21 heavy (non-hydrogen) atoms. The van der Waals surface area contributed by atoms with Gasteiger partial charge >= 0.3 is 6.18 Å². The number of nitrogens with zero attached hydrogens (tertiary/aromatic N) is 2. The number of H-pyrrole nitrogens is 1. The van der Waals surface area contributed by atoms with Gasteiger partial charge in [0.25, 0.3) is 5.91 Å². The number of carbonyl (C=O) groups is 3. The number of rotatable bonds is 1. The van der Waals surface area contributed by atoms with Crippen LogP contribution < -0.4 is 5.32 Å². The molecule has 2 heterocycles. The highest BCUT2D eigenvalue weighted by Gasteiger charge is 2.36. The highest BCUT2D eigenvalue weighted by atomic mass is 19.4. The number of hydrogen-bond donors (Lipinski definition) is 2. The Balaban J connectivity index is 2.41. The number of aromatic amines is 1. The van der Waals surface area contributed by atoms with Crippen LogP contribution in [0.15, 0.2) is 12.0 Å². The molecule has 0 unspecified atom stereocenters. The van der Waals surface area contributed by atoms with Crippen LogP contribution in [0.2, 0.25) is 0 Å². The molecule has 1 aromatic heterocycles. The third-order valence-corrected chi connectivity index (χ3v) is 2.66. The van der Waals surface area contributed by atoms with Crippen LogP contribution in [-0.4, -0.2) is 39.1 Å². The molecule has 1 aliphatic rings. The summed E-state index contributed by atoms with van der Waals surface area (Å²) in [7, 11) is 0. The van der Waals surface area contributed by atoms with Crippen molar-refractivity contribution in [3.63, 3.8) is 0 Å². The number of hydrogen-bond acceptors (Lipinski definition) is 4. The van der Waals surface area contributed by atoms with Gasteiger partial charge in [0.05, 0.1) is 12.0 Å². The van der Waals surface area contributed by atoms with Gasteiger partial charge in [-0.15, -0.1) is 0 Å². The lowest BCUT2D eigenvalue weighted by atomic mass is 10.2. The van der Waals surface area contributed by atoms with Gasteiger partial charge in [-0.25, -0.2) is 4.98 Å². The molecule has 1 fully saturated rings. The molecule has 112 valence electrons. The predicted octanol–water partition coefficient (Wildman–Crippen LogP) is 0.274. The first-order valence-corrected chi connectivity index (χ1v) is 5.64. The second-order valence-corrected chi connectivity index (χ2v) is 4.18. The molecule has 0 aromatic carbocycles. The van der Waals surface area contributed by atoms with E-state index in [0.29, 0.717) is 4.90 Å². The molecular formula is C11H9F3N4O3. The molecule has 7 nitrogen and oxygen atoms in total. The van der Waals surface area contributed by atoms with Gasteiger partial charge in [0.15, 0.2) is 0 Å². The Bertz CT molecular complexity index is 647. The fourth-order valence-electron chi connectivity index (χ4n) is 1.73. The molecule has 0 bridgehead atoms. The maximum atomic E-state index is 12.7. The summed E-state index contributed by atoms with van der Waals surface area (Å²) in [5, 5.41) is 2.13. The number of alkyl halides is 3. The molecular weight excluding hydrogens is 293 g/mol. The van der Waals surface area contributed by atoms with E-state index < -0.39 is 47.5 Å². The van der Waals surface area contributed by atoms with Crippen LogP contribution in [0.25, 0.3) is 6.08 Å². The summed E-state index contributed by atoms with van der Waals surface area (Å²) in [4.78, 5) is 40.5. The van der Waals surface area contributed by atoms with E-state index in [4.69, 9.17) is 0 Å². The van der Waals surface area contributed by atoms with Crippen LogP contribution in [-0.2, 0) is 20.6 Å². The predicted molar refractivity (Wildman–Crippen MR) is 62.1 cm³/mol. The van der Waals surface area contributed by atoms with Crippen molar-refractivity contribution in [2.24, 2.45) is 0 Å². The minimum atomic E-state index is -4.69. The minimum absolute atomic E-state index is 0.445. The smallest absolute Gasteiger partial charge is 0.341 e. The fraction of sp³-hybridized carbons (Fsp3) is 0.273. The van der Waals surface area contributed by atoms with Gasteiger partial charge < -0.3 is 10.3 Å². The van der Waals surface area contributed by atoms with Gasteiger partial charge in [0.2, 0.25) is 11.8 Å². The van der Waals surface area contributed by atoms with Crippen LogP contribution >= 0.6 is 0 Å². The summed E-state index contributed by atoms with van der Waals surface area (Å²) in [5.41, 5.74) is -2.16. The van der Waals surface area contributed by atoms with Gasteiger partial charge in [0, 0.05) is 6.92 Å². The molecule has 0 atom stereocenters. The fourth-order valence-corrected chi connectivity index (χ4v) is 1.73. The van der Waals surface area contributed by atoms with E-state index >= 15 is 0 Å². The van der Waals surface area contributed by atoms with Crippen LogP contribution in [0.5, 0.6) is 0 Å². The average Bonchev–Trinajstić information content (AvgIpc) is 2.81. The second kappa shape index (κ2) is 5.04. The molecule has 2 N–H and O–H groups in total. The Morgan fingerprint density at radius 1 is 1.43 bits per heavy atom. The van der Waals surface area contributed by atoms with Gasteiger partial charge in [-0.05, 0) is 6.08 Å². The van der Waals surface area contributed by atoms with Gasteiger partial charge in [-0.3, -0.25) is 19.3 Å². The van der Waals surface area contributed by atoms with Gasteiger partial charge in [-0.1, -0.05) is 0 Å². The Morgan fingerprint density at radius 3 is 2.67 bits per heavy atom. The summed E-state index contributed by atoms with van der Waals surface area (Å²) in [6.45, 7) is 0.599. The second-order valence-electron chi connectivity index (χ2n) is 4.18. The Labute approximate surface area is 115 Å². The lowest BCUT2D eigenvalue weighted by Gasteiger charge is -2.25. The molecule has 1 aromatic rings. The first kappa shape index (κ1) is 14.8. The number of imidazole rings is 1. The molecule has 1 aliphatic heterocycles. The summed E-state index contributed by atoms with van der Waals surface area (Å²) in [6.07, 6.45) is -3.10. The number of nitrogens with one attached hydrogen (secondary N) is 2. The van der Waals surface area contributed by atoms with Crippen molar-refractivity contribution in [1.82, 2.24) is 20.2 Å². The monoisotopic (exact) mass is 302 g/mol. The highest BCUT2D eigenvalue weighted by molar-refractivity contribution is 6.12. The van der Waals surface area contributed by atoms with E-state index in [-0.39, 0.29) is 0 Å². The van der Waals surface area contributed by atoms with Gasteiger partial charge in [-0.2, -0.15) is 13.2 Å². The number of aromatic nitrogens is 2. The van der Waals surface area contributed by atoms with Crippen molar-refractivity contribution in [2.45, 2.75) is 13.1 Å². The average molecular weight is 302 g/mol. The zero-order valence-corrected chi connectivity index (χ0v) is 10.6. The first-order valence-electron chi connectivity index (χ1n) is 5.64. The largest absolute Gasteiger partial charge is 0.433 e. The van der Waals surface area contributed by atoms with E-state index in [0.717, 1.165) is 19.3 Å². The normalized spacial score (nSPS) is 18.1. The summed E-state index contributed by atoms with van der Waals surface area (Å²) < 4.78 is 38.0. The van der Waals surface area contributed by atoms with Crippen LogP contribution in [0.4, 0.5) is 13.2 Å². The summed E-state index contributed by atoms with van der Waals surface area (Å²) in [5.74, 6) is -2.25. The topological polar surface area (TPSA) is 95.2 Å². The highest BCUT2D eigenvalue weighted by Crippen LogP contribution is 2.30.